The van der Waals surface area contributed by atoms with Crippen molar-refractivity contribution in [3.05, 3.63) is 60.2 Å². The van der Waals surface area contributed by atoms with Gasteiger partial charge in [0, 0.05) is 0 Å². The zero-order valence-electron chi connectivity index (χ0n) is 9.91. The molecule has 2 aromatic rings. The van der Waals surface area contributed by atoms with Gasteiger partial charge in [-0.15, -0.1) is 0 Å². The summed E-state index contributed by atoms with van der Waals surface area (Å²) in [6.45, 7) is 1.18. The molecule has 0 aromatic heterocycles. The molecule has 0 bridgehead atoms. The van der Waals surface area contributed by atoms with Gasteiger partial charge in [-0.2, -0.15) is 13.2 Å². The molecule has 0 nitrogen and oxygen atoms in total. The van der Waals surface area contributed by atoms with Crippen LogP contribution >= 0.6 is 0 Å². The lowest BCUT2D eigenvalue weighted by atomic mass is 9.97. The average molecular weight is 250 g/mol. The topological polar surface area (TPSA) is 0 Å². The number of halogens is 3. The van der Waals surface area contributed by atoms with Crippen LogP contribution in [0.3, 0.4) is 0 Å². The molecule has 2 aromatic carbocycles. The Balaban J connectivity index is 2.26. The van der Waals surface area contributed by atoms with Crippen LogP contribution in [0, 0.1) is 0 Å². The molecule has 0 heterocycles. The van der Waals surface area contributed by atoms with E-state index in [9.17, 15) is 13.2 Å². The SMILES string of the molecule is CC(c1ccc(-c2ccccc2)cc1)C(F)(F)F. The summed E-state index contributed by atoms with van der Waals surface area (Å²) in [5, 5.41) is 0. The van der Waals surface area contributed by atoms with Crippen LogP contribution in [0.2, 0.25) is 0 Å². The normalized spacial score (nSPS) is 13.3. The monoisotopic (exact) mass is 250 g/mol. The number of hydrogen-bond acceptors (Lipinski definition) is 0. The van der Waals surface area contributed by atoms with Gasteiger partial charge < -0.3 is 0 Å². The smallest absolute Gasteiger partial charge is 0.170 e. The lowest BCUT2D eigenvalue weighted by molar-refractivity contribution is -0.146. The lowest BCUT2D eigenvalue weighted by Crippen LogP contribution is -2.17. The molecule has 0 amide bonds. The maximum atomic E-state index is 12.6. The van der Waals surface area contributed by atoms with E-state index < -0.39 is 12.1 Å². The second-order valence-corrected chi connectivity index (χ2v) is 4.25. The molecule has 0 saturated heterocycles. The molecule has 0 aliphatic heterocycles. The van der Waals surface area contributed by atoms with Crippen LogP contribution in [0.5, 0.6) is 0 Å². The molecule has 94 valence electrons. The van der Waals surface area contributed by atoms with Gasteiger partial charge in [-0.1, -0.05) is 54.6 Å². The van der Waals surface area contributed by atoms with Crippen LogP contribution in [0.4, 0.5) is 13.2 Å². The van der Waals surface area contributed by atoms with Gasteiger partial charge in [-0.3, -0.25) is 0 Å². The van der Waals surface area contributed by atoms with Gasteiger partial charge in [0.25, 0.3) is 0 Å². The largest absolute Gasteiger partial charge is 0.395 e. The van der Waals surface area contributed by atoms with Gasteiger partial charge in [0.05, 0.1) is 5.92 Å². The zero-order chi connectivity index (χ0) is 13.2. The highest BCUT2D eigenvalue weighted by atomic mass is 19.4. The third-order valence-corrected chi connectivity index (χ3v) is 3.01. The van der Waals surface area contributed by atoms with E-state index in [4.69, 9.17) is 0 Å². The summed E-state index contributed by atoms with van der Waals surface area (Å²) in [5.41, 5.74) is 2.22. The summed E-state index contributed by atoms with van der Waals surface area (Å²) in [6.07, 6.45) is -4.19. The van der Waals surface area contributed by atoms with Crippen LogP contribution in [-0.4, -0.2) is 6.18 Å². The first-order valence-electron chi connectivity index (χ1n) is 5.70. The van der Waals surface area contributed by atoms with E-state index in [1.165, 1.54) is 6.92 Å². The highest BCUT2D eigenvalue weighted by Crippen LogP contribution is 2.34. The van der Waals surface area contributed by atoms with Gasteiger partial charge in [-0.05, 0) is 23.6 Å². The van der Waals surface area contributed by atoms with Crippen molar-refractivity contribution in [1.82, 2.24) is 0 Å². The van der Waals surface area contributed by atoms with E-state index in [1.54, 1.807) is 24.3 Å². The average Bonchev–Trinajstić information content (AvgIpc) is 2.38. The number of hydrogen-bond donors (Lipinski definition) is 0. The maximum Gasteiger partial charge on any atom is 0.395 e. The molecule has 0 radical (unpaired) electrons. The third kappa shape index (κ3) is 2.73. The summed E-state index contributed by atoms with van der Waals surface area (Å²) in [7, 11) is 0. The molecular formula is C15H13F3. The van der Waals surface area contributed by atoms with Crippen molar-refractivity contribution in [3.8, 4) is 11.1 Å². The van der Waals surface area contributed by atoms with Crippen LogP contribution in [0.15, 0.2) is 54.6 Å². The first-order chi connectivity index (χ1) is 8.48. The van der Waals surface area contributed by atoms with Crippen molar-refractivity contribution in [3.63, 3.8) is 0 Å². The fourth-order valence-electron chi connectivity index (χ4n) is 1.78. The Morgan fingerprint density at radius 3 is 1.78 bits per heavy atom. The molecule has 0 aliphatic rings. The van der Waals surface area contributed by atoms with Gasteiger partial charge in [0.15, 0.2) is 0 Å². The standard InChI is InChI=1S/C15H13F3/c1-11(15(16,17)18)12-7-9-14(10-8-12)13-5-3-2-4-6-13/h2-11H,1H3. The van der Waals surface area contributed by atoms with Crippen LogP contribution in [0.25, 0.3) is 11.1 Å². The molecule has 1 unspecified atom stereocenters. The minimum Gasteiger partial charge on any atom is -0.170 e. The van der Waals surface area contributed by atoms with E-state index in [0.717, 1.165) is 11.1 Å². The zero-order valence-corrected chi connectivity index (χ0v) is 9.91. The third-order valence-electron chi connectivity index (χ3n) is 3.01. The van der Waals surface area contributed by atoms with Crippen molar-refractivity contribution < 1.29 is 13.2 Å². The maximum absolute atomic E-state index is 12.6. The van der Waals surface area contributed by atoms with Crippen molar-refractivity contribution in [2.45, 2.75) is 19.0 Å². The van der Waals surface area contributed by atoms with Crippen LogP contribution in [0.1, 0.15) is 18.4 Å². The summed E-state index contributed by atoms with van der Waals surface area (Å²) >= 11 is 0. The lowest BCUT2D eigenvalue weighted by Gasteiger charge is -2.16. The van der Waals surface area contributed by atoms with Gasteiger partial charge >= 0.3 is 6.18 Å². The Morgan fingerprint density at radius 1 is 0.778 bits per heavy atom. The van der Waals surface area contributed by atoms with E-state index >= 15 is 0 Å². The highest BCUT2D eigenvalue weighted by molar-refractivity contribution is 5.63. The minimum atomic E-state index is -4.19. The second kappa shape index (κ2) is 4.84. The molecule has 0 N–H and O–H groups in total. The molecule has 0 saturated carbocycles. The quantitative estimate of drug-likeness (QED) is 0.702. The Kier molecular flexibility index (Phi) is 3.41. The molecule has 1 atom stereocenters. The highest BCUT2D eigenvalue weighted by Gasteiger charge is 2.36. The predicted octanol–water partition coefficient (Wildman–Crippen LogP) is 5.02. The van der Waals surface area contributed by atoms with Crippen molar-refractivity contribution in [2.75, 3.05) is 0 Å². The number of rotatable bonds is 2. The molecule has 18 heavy (non-hydrogen) atoms. The molecule has 0 aliphatic carbocycles. The van der Waals surface area contributed by atoms with Gasteiger partial charge in [0.1, 0.15) is 0 Å². The summed E-state index contributed by atoms with van der Waals surface area (Å²) in [5.74, 6) is -1.43. The molecule has 2 rings (SSSR count). The van der Waals surface area contributed by atoms with Crippen molar-refractivity contribution in [1.29, 1.82) is 0 Å². The Morgan fingerprint density at radius 2 is 1.28 bits per heavy atom. The second-order valence-electron chi connectivity index (χ2n) is 4.25. The predicted molar refractivity (Wildman–Crippen MR) is 66.3 cm³/mol. The Bertz CT molecular complexity index is 498. The molecule has 0 spiro atoms. The number of benzene rings is 2. The first-order valence-corrected chi connectivity index (χ1v) is 5.70. The number of alkyl halides is 3. The molecule has 3 heteroatoms. The van der Waals surface area contributed by atoms with Crippen molar-refractivity contribution >= 4 is 0 Å². The van der Waals surface area contributed by atoms with E-state index in [1.807, 2.05) is 30.3 Å². The van der Waals surface area contributed by atoms with Gasteiger partial charge in [-0.25, -0.2) is 0 Å². The van der Waals surface area contributed by atoms with Crippen LogP contribution < -0.4 is 0 Å². The fraction of sp³-hybridized carbons (Fsp3) is 0.200. The van der Waals surface area contributed by atoms with E-state index in [-0.39, 0.29) is 0 Å². The Labute approximate surface area is 104 Å². The minimum absolute atomic E-state index is 0.294. The fourth-order valence-corrected chi connectivity index (χ4v) is 1.78. The Hall–Kier alpha value is -1.77. The van der Waals surface area contributed by atoms with Crippen LogP contribution in [-0.2, 0) is 0 Å². The summed E-state index contributed by atoms with van der Waals surface area (Å²) in [4.78, 5) is 0. The molecule has 0 fully saturated rings. The van der Waals surface area contributed by atoms with Crippen molar-refractivity contribution in [2.24, 2.45) is 0 Å². The summed E-state index contributed by atoms with van der Waals surface area (Å²) in [6, 6.07) is 16.1. The van der Waals surface area contributed by atoms with E-state index in [2.05, 4.69) is 0 Å². The summed E-state index contributed by atoms with van der Waals surface area (Å²) < 4.78 is 37.7. The molecular weight excluding hydrogens is 237 g/mol. The van der Waals surface area contributed by atoms with E-state index in [0.29, 0.717) is 5.56 Å². The first kappa shape index (κ1) is 12.7. The van der Waals surface area contributed by atoms with Gasteiger partial charge in [0.2, 0.25) is 0 Å².